The van der Waals surface area contributed by atoms with Gasteiger partial charge in [0, 0.05) is 5.92 Å². The van der Waals surface area contributed by atoms with Crippen LogP contribution in [-0.2, 0) is 9.47 Å². The Bertz CT molecular complexity index is 1340. The molecule has 5 nitrogen and oxygen atoms in total. The van der Waals surface area contributed by atoms with E-state index in [9.17, 15) is 10.1 Å². The number of hydrogen-bond acceptors (Lipinski definition) is 4. The maximum Gasteiger partial charge on any atom is 0.410 e. The number of hydrogen-bond donors (Lipinski definition) is 0. The van der Waals surface area contributed by atoms with Crippen LogP contribution in [0.25, 0.3) is 16.7 Å². The minimum atomic E-state index is -0.301. The summed E-state index contributed by atoms with van der Waals surface area (Å²) >= 11 is 0. The highest BCUT2D eigenvalue weighted by Crippen LogP contribution is 2.44. The molecule has 3 aromatic carbocycles. The molecule has 2 atom stereocenters. The summed E-state index contributed by atoms with van der Waals surface area (Å²) in [5.74, 6) is 0.0316. The van der Waals surface area contributed by atoms with Crippen molar-refractivity contribution in [3.8, 4) is 17.2 Å². The Balaban J connectivity index is 1.23. The molecule has 3 aromatic rings. The molecule has 2 aliphatic heterocycles. The Morgan fingerprint density at radius 3 is 2.43 bits per heavy atom. The molecule has 1 amide bonds. The van der Waals surface area contributed by atoms with Crippen molar-refractivity contribution in [1.29, 1.82) is 5.26 Å². The molecule has 0 saturated carbocycles. The number of nitriles is 1. The lowest BCUT2D eigenvalue weighted by molar-refractivity contribution is -0.0331. The van der Waals surface area contributed by atoms with E-state index in [0.29, 0.717) is 31.8 Å². The fourth-order valence-electron chi connectivity index (χ4n) is 5.78. The number of carbonyl (C=O) groups is 1. The lowest BCUT2D eigenvalue weighted by atomic mass is 9.87. The molecule has 6 rings (SSSR count). The molecule has 0 N–H and O–H groups in total. The fraction of sp³-hybridized carbons (Fsp3) is 0.267. The van der Waals surface area contributed by atoms with Crippen molar-refractivity contribution in [2.24, 2.45) is 0 Å². The van der Waals surface area contributed by atoms with Crippen molar-refractivity contribution < 1.29 is 14.3 Å². The summed E-state index contributed by atoms with van der Waals surface area (Å²) in [6.07, 6.45) is 2.41. The second-order valence-electron chi connectivity index (χ2n) is 9.53. The predicted octanol–water partition coefficient (Wildman–Crippen LogP) is 5.67. The van der Waals surface area contributed by atoms with E-state index in [0.717, 1.165) is 16.7 Å². The van der Waals surface area contributed by atoms with Gasteiger partial charge in [-0.2, -0.15) is 5.26 Å². The van der Waals surface area contributed by atoms with E-state index < -0.39 is 0 Å². The van der Waals surface area contributed by atoms with Gasteiger partial charge in [0.15, 0.2) is 0 Å². The zero-order valence-corrected chi connectivity index (χ0v) is 19.6. The van der Waals surface area contributed by atoms with Gasteiger partial charge in [0.25, 0.3) is 0 Å². The van der Waals surface area contributed by atoms with E-state index in [1.807, 2.05) is 42.2 Å². The number of nitrogens with zero attached hydrogens (tertiary/aromatic N) is 2. The van der Waals surface area contributed by atoms with Gasteiger partial charge in [0.2, 0.25) is 0 Å². The summed E-state index contributed by atoms with van der Waals surface area (Å²) in [5, 5.41) is 9.64. The highest BCUT2D eigenvalue weighted by Gasteiger charge is 2.40. The molecular weight excluding hydrogens is 436 g/mol. The average Bonchev–Trinajstić information content (AvgIpc) is 3.20. The van der Waals surface area contributed by atoms with Crippen LogP contribution in [0.1, 0.15) is 40.2 Å². The van der Waals surface area contributed by atoms with Crippen LogP contribution in [0.2, 0.25) is 0 Å². The molecule has 0 radical (unpaired) electrons. The van der Waals surface area contributed by atoms with Crippen LogP contribution in [0.4, 0.5) is 4.79 Å². The van der Waals surface area contributed by atoms with Crippen molar-refractivity contribution in [1.82, 2.24) is 4.90 Å². The monoisotopic (exact) mass is 462 g/mol. The number of ether oxygens (including phenoxy) is 2. The van der Waals surface area contributed by atoms with Gasteiger partial charge in [-0.15, -0.1) is 0 Å². The number of amides is 1. The van der Waals surface area contributed by atoms with Crippen LogP contribution < -0.4 is 0 Å². The number of rotatable bonds is 3. The highest BCUT2D eigenvalue weighted by atomic mass is 16.6. The zero-order chi connectivity index (χ0) is 23.9. The van der Waals surface area contributed by atoms with Crippen molar-refractivity contribution >= 4 is 11.7 Å². The van der Waals surface area contributed by atoms with Gasteiger partial charge >= 0.3 is 6.09 Å². The van der Waals surface area contributed by atoms with E-state index in [-0.39, 0.29) is 24.1 Å². The largest absolute Gasteiger partial charge is 0.448 e. The normalized spacial score (nSPS) is 20.5. The third-order valence-electron chi connectivity index (χ3n) is 7.39. The summed E-state index contributed by atoms with van der Waals surface area (Å²) < 4.78 is 11.8. The molecule has 0 aromatic heterocycles. The quantitative estimate of drug-likeness (QED) is 0.503. The van der Waals surface area contributed by atoms with Crippen LogP contribution in [0.3, 0.4) is 0 Å². The van der Waals surface area contributed by atoms with E-state index >= 15 is 0 Å². The van der Waals surface area contributed by atoms with E-state index in [4.69, 9.17) is 9.47 Å². The summed E-state index contributed by atoms with van der Waals surface area (Å²) in [5.41, 5.74) is 8.61. The first-order valence-electron chi connectivity index (χ1n) is 12.1. The Hall–Kier alpha value is -3.88. The maximum atomic E-state index is 13.4. The van der Waals surface area contributed by atoms with Crippen LogP contribution in [-0.4, -0.2) is 42.9 Å². The Morgan fingerprint density at radius 1 is 1.03 bits per heavy atom. The molecule has 1 fully saturated rings. The summed E-state index contributed by atoms with van der Waals surface area (Å²) in [6.45, 7) is 3.18. The first-order chi connectivity index (χ1) is 17.1. The van der Waals surface area contributed by atoms with E-state index in [2.05, 4.69) is 48.5 Å². The topological polar surface area (TPSA) is 62.6 Å². The zero-order valence-electron chi connectivity index (χ0n) is 19.6. The predicted molar refractivity (Wildman–Crippen MR) is 134 cm³/mol. The van der Waals surface area contributed by atoms with Crippen LogP contribution in [0.15, 0.2) is 72.8 Å². The van der Waals surface area contributed by atoms with E-state index in [1.165, 1.54) is 22.3 Å². The second kappa shape index (κ2) is 8.72. The maximum absolute atomic E-state index is 13.4. The lowest BCUT2D eigenvalue weighted by Gasteiger charge is -2.44. The van der Waals surface area contributed by atoms with Gasteiger partial charge < -0.3 is 9.47 Å². The number of carbonyl (C=O) groups excluding carboxylic acids is 1. The second-order valence-corrected chi connectivity index (χ2v) is 9.53. The molecule has 3 aliphatic rings. The number of fused-ring (bicyclic) bond motifs is 5. The van der Waals surface area contributed by atoms with Gasteiger partial charge in [-0.1, -0.05) is 66.7 Å². The van der Waals surface area contributed by atoms with E-state index in [1.54, 1.807) is 0 Å². The first-order valence-corrected chi connectivity index (χ1v) is 12.1. The molecule has 0 spiro atoms. The molecule has 1 aliphatic carbocycles. The van der Waals surface area contributed by atoms with Crippen LogP contribution >= 0.6 is 0 Å². The fourth-order valence-corrected chi connectivity index (χ4v) is 5.78. The lowest BCUT2D eigenvalue weighted by Crippen LogP contribution is -2.56. The van der Waals surface area contributed by atoms with Crippen molar-refractivity contribution in [2.45, 2.75) is 31.3 Å². The average molecular weight is 463 g/mol. The molecule has 5 heteroatoms. The number of morpholine rings is 1. The van der Waals surface area contributed by atoms with Gasteiger partial charge in [-0.3, -0.25) is 4.90 Å². The van der Waals surface area contributed by atoms with Gasteiger partial charge in [0.05, 0.1) is 36.9 Å². The summed E-state index contributed by atoms with van der Waals surface area (Å²) in [6, 6.07) is 24.7. The minimum absolute atomic E-state index is 0.0316. The third-order valence-corrected chi connectivity index (χ3v) is 7.39. The summed E-state index contributed by atoms with van der Waals surface area (Å²) in [4.78, 5) is 15.2. The Morgan fingerprint density at radius 2 is 1.74 bits per heavy atom. The van der Waals surface area contributed by atoms with Gasteiger partial charge in [-0.25, -0.2) is 4.79 Å². The number of benzene rings is 3. The standard InChI is InChI=1S/C30H26N2O3/c1-19-10-11-24(21(12-19)15-31)20-13-22-16-34-17-23(14-20)32(22)30(33)35-18-29-27-8-4-2-6-25(27)26-7-3-5-9-28(26)29/h2-13,22-23,29H,14,16-18H2,1H3. The Labute approximate surface area is 205 Å². The van der Waals surface area contributed by atoms with Crippen molar-refractivity contribution in [2.75, 3.05) is 19.8 Å². The first kappa shape index (κ1) is 21.6. The molecule has 35 heavy (non-hydrogen) atoms. The molecular formula is C30H26N2O3. The highest BCUT2D eigenvalue weighted by molar-refractivity contribution is 5.80. The molecule has 2 bridgehead atoms. The van der Waals surface area contributed by atoms with Gasteiger partial charge in [-0.05, 0) is 58.4 Å². The van der Waals surface area contributed by atoms with Crippen molar-refractivity contribution in [3.63, 3.8) is 0 Å². The smallest absolute Gasteiger partial charge is 0.410 e. The van der Waals surface area contributed by atoms with Crippen LogP contribution in [0, 0.1) is 18.3 Å². The molecule has 1 saturated heterocycles. The number of aryl methyl sites for hydroxylation is 1. The molecule has 2 unspecified atom stereocenters. The molecule has 174 valence electrons. The molecule has 2 heterocycles. The van der Waals surface area contributed by atoms with Gasteiger partial charge in [0.1, 0.15) is 6.61 Å². The SMILES string of the molecule is Cc1ccc(C2=CC3COCC(C2)N3C(=O)OCC2c3ccccc3-c3ccccc32)c(C#N)c1. The summed E-state index contributed by atoms with van der Waals surface area (Å²) in [7, 11) is 0. The van der Waals surface area contributed by atoms with Crippen molar-refractivity contribution in [3.05, 3.63) is 101 Å². The minimum Gasteiger partial charge on any atom is -0.448 e. The van der Waals surface area contributed by atoms with Crippen LogP contribution in [0.5, 0.6) is 0 Å². The third kappa shape index (κ3) is 3.71. The Kier molecular flexibility index (Phi) is 5.39.